The van der Waals surface area contributed by atoms with Crippen LogP contribution in [0.2, 0.25) is 0 Å². The van der Waals surface area contributed by atoms with E-state index in [9.17, 15) is 9.18 Å². The summed E-state index contributed by atoms with van der Waals surface area (Å²) in [5, 5.41) is 8.51. The van der Waals surface area contributed by atoms with Crippen molar-refractivity contribution in [3.63, 3.8) is 0 Å². The molecule has 0 bridgehead atoms. The van der Waals surface area contributed by atoms with Gasteiger partial charge in [-0.05, 0) is 17.5 Å². The van der Waals surface area contributed by atoms with Crippen molar-refractivity contribution in [3.05, 3.63) is 35.6 Å². The smallest absolute Gasteiger partial charge is 0.303 e. The van der Waals surface area contributed by atoms with E-state index in [1.54, 1.807) is 25.1 Å². The number of benzene rings is 1. The van der Waals surface area contributed by atoms with E-state index in [4.69, 9.17) is 5.11 Å². The third kappa shape index (κ3) is 2.54. The summed E-state index contributed by atoms with van der Waals surface area (Å²) in [6.07, 6.45) is -0.0407. The summed E-state index contributed by atoms with van der Waals surface area (Å²) in [5.74, 6) is -1.52. The van der Waals surface area contributed by atoms with E-state index in [1.165, 1.54) is 6.07 Å². The third-order valence-corrected chi connectivity index (χ3v) is 1.92. The molecule has 0 aliphatic rings. The van der Waals surface area contributed by atoms with Gasteiger partial charge in [0.1, 0.15) is 5.82 Å². The van der Waals surface area contributed by atoms with Gasteiger partial charge in [-0.1, -0.05) is 25.1 Å². The summed E-state index contributed by atoms with van der Waals surface area (Å²) < 4.78 is 13.1. The Bertz CT molecular complexity index is 310. The van der Waals surface area contributed by atoms with Gasteiger partial charge in [0.2, 0.25) is 0 Å². The Labute approximate surface area is 76.0 Å². The Morgan fingerprint density at radius 1 is 1.54 bits per heavy atom. The molecule has 0 amide bonds. The zero-order chi connectivity index (χ0) is 9.84. The van der Waals surface area contributed by atoms with Crippen molar-refractivity contribution in [1.82, 2.24) is 0 Å². The number of hydrogen-bond acceptors (Lipinski definition) is 1. The van der Waals surface area contributed by atoms with Gasteiger partial charge in [-0.2, -0.15) is 0 Å². The average Bonchev–Trinajstić information content (AvgIpc) is 2.03. The van der Waals surface area contributed by atoms with Gasteiger partial charge in [0, 0.05) is 0 Å². The van der Waals surface area contributed by atoms with Crippen LogP contribution < -0.4 is 0 Å². The molecule has 0 radical (unpaired) electrons. The Morgan fingerprint density at radius 3 is 2.69 bits per heavy atom. The first-order valence-electron chi connectivity index (χ1n) is 4.07. The maximum absolute atomic E-state index is 13.1. The summed E-state index contributed by atoms with van der Waals surface area (Å²) in [5.41, 5.74) is 0.463. The van der Waals surface area contributed by atoms with Crippen molar-refractivity contribution in [1.29, 1.82) is 0 Å². The highest BCUT2D eigenvalue weighted by atomic mass is 19.1. The summed E-state index contributed by atoms with van der Waals surface area (Å²) in [7, 11) is 0. The number of carbonyl (C=O) groups is 1. The zero-order valence-corrected chi connectivity index (χ0v) is 7.33. The van der Waals surface area contributed by atoms with E-state index in [0.29, 0.717) is 5.56 Å². The van der Waals surface area contributed by atoms with Gasteiger partial charge >= 0.3 is 5.97 Å². The van der Waals surface area contributed by atoms with Crippen LogP contribution in [0.15, 0.2) is 24.3 Å². The number of carboxylic acid groups (broad SMARTS) is 1. The predicted molar refractivity (Wildman–Crippen MR) is 47.1 cm³/mol. The van der Waals surface area contributed by atoms with Crippen LogP contribution in [0.5, 0.6) is 0 Å². The van der Waals surface area contributed by atoms with Crippen LogP contribution >= 0.6 is 0 Å². The fourth-order valence-corrected chi connectivity index (χ4v) is 1.25. The molecule has 1 atom stereocenters. The topological polar surface area (TPSA) is 37.3 Å². The normalized spacial score (nSPS) is 12.5. The fourth-order valence-electron chi connectivity index (χ4n) is 1.25. The Morgan fingerprint density at radius 2 is 2.15 bits per heavy atom. The summed E-state index contributed by atoms with van der Waals surface area (Å²) in [4.78, 5) is 10.4. The molecule has 2 nitrogen and oxygen atoms in total. The molecule has 70 valence electrons. The zero-order valence-electron chi connectivity index (χ0n) is 7.33. The highest BCUT2D eigenvalue weighted by Crippen LogP contribution is 2.21. The molecule has 1 aromatic rings. The Hall–Kier alpha value is -1.38. The first-order chi connectivity index (χ1) is 6.11. The van der Waals surface area contributed by atoms with Crippen molar-refractivity contribution >= 4 is 5.97 Å². The maximum atomic E-state index is 13.1. The number of aliphatic carboxylic acids is 1. The monoisotopic (exact) mass is 182 g/mol. The molecular formula is C10H11FO2. The molecule has 0 unspecified atom stereocenters. The molecule has 0 aromatic heterocycles. The van der Waals surface area contributed by atoms with E-state index in [2.05, 4.69) is 0 Å². The molecule has 1 N–H and O–H groups in total. The number of rotatable bonds is 3. The molecule has 0 aliphatic heterocycles. The highest BCUT2D eigenvalue weighted by molar-refractivity contribution is 5.67. The van der Waals surface area contributed by atoms with Gasteiger partial charge in [0.15, 0.2) is 0 Å². The first kappa shape index (κ1) is 9.71. The van der Waals surface area contributed by atoms with E-state index < -0.39 is 5.97 Å². The minimum absolute atomic E-state index is 0.0407. The van der Waals surface area contributed by atoms with Crippen LogP contribution in [0.1, 0.15) is 24.8 Å². The Balaban J connectivity index is 2.82. The van der Waals surface area contributed by atoms with Gasteiger partial charge < -0.3 is 5.11 Å². The second-order valence-corrected chi connectivity index (χ2v) is 3.02. The molecule has 0 fully saturated rings. The van der Waals surface area contributed by atoms with Crippen LogP contribution in [0.3, 0.4) is 0 Å². The lowest BCUT2D eigenvalue weighted by Gasteiger charge is -2.09. The second-order valence-electron chi connectivity index (χ2n) is 3.02. The quantitative estimate of drug-likeness (QED) is 0.779. The van der Waals surface area contributed by atoms with Crippen molar-refractivity contribution in [2.24, 2.45) is 0 Å². The van der Waals surface area contributed by atoms with Crippen LogP contribution in [0.25, 0.3) is 0 Å². The molecule has 13 heavy (non-hydrogen) atoms. The predicted octanol–water partition coefficient (Wildman–Crippen LogP) is 2.40. The SMILES string of the molecule is C[C@H](CC(=O)O)c1ccccc1F. The lowest BCUT2D eigenvalue weighted by molar-refractivity contribution is -0.137. The largest absolute Gasteiger partial charge is 0.481 e. The van der Waals surface area contributed by atoms with Crippen molar-refractivity contribution in [2.75, 3.05) is 0 Å². The van der Waals surface area contributed by atoms with Crippen molar-refractivity contribution in [3.8, 4) is 0 Å². The minimum Gasteiger partial charge on any atom is -0.481 e. The van der Waals surface area contributed by atoms with Gasteiger partial charge in [-0.15, -0.1) is 0 Å². The van der Waals surface area contributed by atoms with Crippen LogP contribution in [0, 0.1) is 5.82 Å². The number of hydrogen-bond donors (Lipinski definition) is 1. The fraction of sp³-hybridized carbons (Fsp3) is 0.300. The first-order valence-corrected chi connectivity index (χ1v) is 4.07. The molecule has 0 saturated heterocycles. The molecule has 0 heterocycles. The molecule has 0 aliphatic carbocycles. The van der Waals surface area contributed by atoms with E-state index in [1.807, 2.05) is 0 Å². The van der Waals surface area contributed by atoms with Gasteiger partial charge in [-0.25, -0.2) is 4.39 Å². The average molecular weight is 182 g/mol. The van der Waals surface area contributed by atoms with Gasteiger partial charge in [0.05, 0.1) is 6.42 Å². The van der Waals surface area contributed by atoms with E-state index in [0.717, 1.165) is 0 Å². The molecule has 1 aromatic carbocycles. The molecule has 1 rings (SSSR count). The van der Waals surface area contributed by atoms with Crippen molar-refractivity contribution in [2.45, 2.75) is 19.3 Å². The van der Waals surface area contributed by atoms with Gasteiger partial charge in [-0.3, -0.25) is 4.79 Å². The maximum Gasteiger partial charge on any atom is 0.303 e. The van der Waals surface area contributed by atoms with E-state index in [-0.39, 0.29) is 18.2 Å². The van der Waals surface area contributed by atoms with Crippen LogP contribution in [0.4, 0.5) is 4.39 Å². The third-order valence-electron chi connectivity index (χ3n) is 1.92. The number of halogens is 1. The summed E-state index contributed by atoms with van der Waals surface area (Å²) in [6.45, 7) is 1.70. The standard InChI is InChI=1S/C10H11FO2/c1-7(6-10(12)13)8-4-2-3-5-9(8)11/h2-5,7H,6H2,1H3,(H,12,13)/t7-/m1/s1. The number of carboxylic acids is 1. The minimum atomic E-state index is -0.907. The van der Waals surface area contributed by atoms with Crippen LogP contribution in [-0.4, -0.2) is 11.1 Å². The summed E-state index contributed by atoms with van der Waals surface area (Å²) >= 11 is 0. The molecular weight excluding hydrogens is 171 g/mol. The molecule has 3 heteroatoms. The Kier molecular flexibility index (Phi) is 3.01. The summed E-state index contributed by atoms with van der Waals surface area (Å²) in [6, 6.07) is 6.25. The lowest BCUT2D eigenvalue weighted by Crippen LogP contribution is -2.04. The lowest BCUT2D eigenvalue weighted by atomic mass is 9.97. The van der Waals surface area contributed by atoms with E-state index >= 15 is 0 Å². The van der Waals surface area contributed by atoms with Gasteiger partial charge in [0.25, 0.3) is 0 Å². The molecule has 0 saturated carbocycles. The molecule has 0 spiro atoms. The van der Waals surface area contributed by atoms with Crippen LogP contribution in [-0.2, 0) is 4.79 Å². The highest BCUT2D eigenvalue weighted by Gasteiger charge is 2.13. The van der Waals surface area contributed by atoms with Crippen molar-refractivity contribution < 1.29 is 14.3 Å². The second kappa shape index (κ2) is 4.03.